The van der Waals surface area contributed by atoms with Crippen molar-refractivity contribution >= 4 is 11.4 Å². The molecular formula is C11H8F3N5O2. The third-order valence-corrected chi connectivity index (χ3v) is 2.46. The summed E-state index contributed by atoms with van der Waals surface area (Å²) in [6.45, 7) is -0.00398. The van der Waals surface area contributed by atoms with Crippen LogP contribution in [-0.4, -0.2) is 20.1 Å². The Balaban J connectivity index is 2.29. The summed E-state index contributed by atoms with van der Waals surface area (Å²) in [6.07, 6.45) is -2.68. The number of nitrogens with one attached hydrogen (secondary N) is 1. The molecule has 10 heteroatoms. The first-order chi connectivity index (χ1) is 9.88. The molecule has 0 amide bonds. The smallest absolute Gasteiger partial charge is 0.374 e. The van der Waals surface area contributed by atoms with Crippen LogP contribution in [0.5, 0.6) is 0 Å². The maximum Gasteiger partial charge on any atom is 0.433 e. The van der Waals surface area contributed by atoms with E-state index in [1.54, 1.807) is 12.1 Å². The first-order valence-electron chi connectivity index (χ1n) is 5.60. The Morgan fingerprint density at radius 2 is 2.14 bits per heavy atom. The third kappa shape index (κ3) is 3.61. The number of rotatable bonds is 4. The number of nitrogens with zero attached hydrogens (tertiary/aromatic N) is 4. The second-order valence-corrected chi connectivity index (χ2v) is 3.91. The molecule has 0 aliphatic rings. The zero-order valence-corrected chi connectivity index (χ0v) is 10.3. The highest BCUT2D eigenvalue weighted by Crippen LogP contribution is 2.32. The Morgan fingerprint density at radius 1 is 1.38 bits per heavy atom. The maximum absolute atomic E-state index is 12.6. The minimum atomic E-state index is -4.68. The topological polar surface area (TPSA) is 93.8 Å². The van der Waals surface area contributed by atoms with Crippen LogP contribution < -0.4 is 5.32 Å². The van der Waals surface area contributed by atoms with Crippen molar-refractivity contribution in [1.29, 1.82) is 0 Å². The van der Waals surface area contributed by atoms with Crippen molar-refractivity contribution in [2.75, 3.05) is 5.32 Å². The number of pyridine rings is 1. The van der Waals surface area contributed by atoms with Gasteiger partial charge in [0.25, 0.3) is 0 Å². The summed E-state index contributed by atoms with van der Waals surface area (Å²) in [5, 5.41) is 20.7. The van der Waals surface area contributed by atoms with E-state index in [4.69, 9.17) is 0 Å². The molecule has 2 heterocycles. The maximum atomic E-state index is 12.6. The Labute approximate surface area is 116 Å². The Morgan fingerprint density at radius 3 is 2.71 bits per heavy atom. The van der Waals surface area contributed by atoms with E-state index in [1.807, 2.05) is 0 Å². The van der Waals surface area contributed by atoms with Crippen molar-refractivity contribution in [3.05, 3.63) is 52.1 Å². The lowest BCUT2D eigenvalue weighted by atomic mass is 10.2. The fourth-order valence-corrected chi connectivity index (χ4v) is 1.50. The van der Waals surface area contributed by atoms with Crippen LogP contribution in [0.4, 0.5) is 24.5 Å². The van der Waals surface area contributed by atoms with E-state index in [1.165, 1.54) is 6.20 Å². The second-order valence-electron chi connectivity index (χ2n) is 3.91. The summed E-state index contributed by atoms with van der Waals surface area (Å²) in [5.41, 5.74) is -1.62. The van der Waals surface area contributed by atoms with Crippen LogP contribution in [0.1, 0.15) is 11.4 Å². The van der Waals surface area contributed by atoms with Crippen LogP contribution in [0.2, 0.25) is 0 Å². The molecule has 0 bridgehead atoms. The lowest BCUT2D eigenvalue weighted by Crippen LogP contribution is -2.11. The number of hydrogen-bond acceptors (Lipinski definition) is 6. The van der Waals surface area contributed by atoms with Gasteiger partial charge in [-0.1, -0.05) is 0 Å². The van der Waals surface area contributed by atoms with Gasteiger partial charge in [0, 0.05) is 6.20 Å². The van der Waals surface area contributed by atoms with E-state index in [9.17, 15) is 23.3 Å². The van der Waals surface area contributed by atoms with Crippen LogP contribution in [0.15, 0.2) is 30.6 Å². The third-order valence-electron chi connectivity index (χ3n) is 2.46. The lowest BCUT2D eigenvalue weighted by Gasteiger charge is -2.10. The number of hydrogen-bond donors (Lipinski definition) is 1. The Hall–Kier alpha value is -2.78. The molecule has 0 aromatic carbocycles. The van der Waals surface area contributed by atoms with Gasteiger partial charge >= 0.3 is 11.9 Å². The van der Waals surface area contributed by atoms with Gasteiger partial charge in [0.15, 0.2) is 0 Å². The highest BCUT2D eigenvalue weighted by atomic mass is 19.4. The average molecular weight is 299 g/mol. The van der Waals surface area contributed by atoms with Gasteiger partial charge in [0.1, 0.15) is 17.6 Å². The van der Waals surface area contributed by atoms with Gasteiger partial charge in [0.2, 0.25) is 0 Å². The molecule has 21 heavy (non-hydrogen) atoms. The van der Waals surface area contributed by atoms with Gasteiger partial charge < -0.3 is 5.32 Å². The summed E-state index contributed by atoms with van der Waals surface area (Å²) < 4.78 is 37.7. The van der Waals surface area contributed by atoms with E-state index in [2.05, 4.69) is 20.5 Å². The zero-order valence-electron chi connectivity index (χ0n) is 10.3. The normalized spacial score (nSPS) is 11.2. The van der Waals surface area contributed by atoms with Crippen LogP contribution in [0.3, 0.4) is 0 Å². The van der Waals surface area contributed by atoms with Gasteiger partial charge in [-0.25, -0.2) is 4.98 Å². The number of halogens is 3. The van der Waals surface area contributed by atoms with Crippen molar-refractivity contribution in [3.8, 4) is 0 Å². The van der Waals surface area contributed by atoms with Gasteiger partial charge in [-0.2, -0.15) is 23.4 Å². The summed E-state index contributed by atoms with van der Waals surface area (Å²) in [7, 11) is 0. The number of alkyl halides is 3. The second kappa shape index (κ2) is 5.69. The minimum absolute atomic E-state index is 0.00398. The van der Waals surface area contributed by atoms with Crippen LogP contribution in [0.25, 0.3) is 0 Å². The molecule has 0 saturated carbocycles. The quantitative estimate of drug-likeness (QED) is 0.688. The van der Waals surface area contributed by atoms with E-state index in [0.29, 0.717) is 18.0 Å². The van der Waals surface area contributed by atoms with Gasteiger partial charge in [-0.3, -0.25) is 10.1 Å². The van der Waals surface area contributed by atoms with E-state index in [0.717, 1.165) is 0 Å². The molecule has 0 saturated heterocycles. The molecule has 7 nitrogen and oxygen atoms in total. The SMILES string of the molecule is O=[N+]([O-])c1cnc(C(F)(F)F)cc1NCc1cccnn1. The largest absolute Gasteiger partial charge is 0.433 e. The highest BCUT2D eigenvalue weighted by molar-refractivity contribution is 5.61. The minimum Gasteiger partial charge on any atom is -0.374 e. The molecule has 0 aliphatic carbocycles. The molecule has 2 aromatic heterocycles. The van der Waals surface area contributed by atoms with Crippen LogP contribution >= 0.6 is 0 Å². The van der Waals surface area contributed by atoms with Crippen molar-refractivity contribution in [1.82, 2.24) is 15.2 Å². The van der Waals surface area contributed by atoms with Gasteiger partial charge in [0.05, 0.1) is 17.2 Å². The van der Waals surface area contributed by atoms with E-state index >= 15 is 0 Å². The predicted octanol–water partition coefficient (Wildman–Crippen LogP) is 2.41. The molecule has 0 aliphatic heterocycles. The number of anilines is 1. The molecule has 0 radical (unpaired) electrons. The monoisotopic (exact) mass is 299 g/mol. The fraction of sp³-hybridized carbons (Fsp3) is 0.182. The Bertz CT molecular complexity index is 648. The summed E-state index contributed by atoms with van der Waals surface area (Å²) in [5.74, 6) is 0. The van der Waals surface area contributed by atoms with E-state index in [-0.39, 0.29) is 12.2 Å². The first-order valence-corrected chi connectivity index (χ1v) is 5.60. The van der Waals surface area contributed by atoms with Gasteiger partial charge in [-0.05, 0) is 18.2 Å². The summed E-state index contributed by atoms with van der Waals surface area (Å²) in [6, 6.07) is 3.76. The molecule has 0 atom stereocenters. The molecule has 0 unspecified atom stereocenters. The summed E-state index contributed by atoms with van der Waals surface area (Å²) >= 11 is 0. The van der Waals surface area contributed by atoms with Crippen molar-refractivity contribution in [3.63, 3.8) is 0 Å². The molecule has 0 spiro atoms. The number of aromatic nitrogens is 3. The van der Waals surface area contributed by atoms with E-state index < -0.39 is 22.5 Å². The highest BCUT2D eigenvalue weighted by Gasteiger charge is 2.34. The molecular weight excluding hydrogens is 291 g/mol. The van der Waals surface area contributed by atoms with Crippen molar-refractivity contribution in [2.24, 2.45) is 0 Å². The predicted molar refractivity (Wildman–Crippen MR) is 65.3 cm³/mol. The molecule has 1 N–H and O–H groups in total. The van der Waals surface area contributed by atoms with Crippen LogP contribution in [0, 0.1) is 10.1 Å². The zero-order chi connectivity index (χ0) is 15.5. The first kappa shape index (κ1) is 14.6. The van der Waals surface area contributed by atoms with Crippen molar-refractivity contribution in [2.45, 2.75) is 12.7 Å². The molecule has 2 rings (SSSR count). The fourth-order valence-electron chi connectivity index (χ4n) is 1.50. The van der Waals surface area contributed by atoms with Crippen LogP contribution in [-0.2, 0) is 12.7 Å². The summed E-state index contributed by atoms with van der Waals surface area (Å²) in [4.78, 5) is 13.0. The average Bonchev–Trinajstić information content (AvgIpc) is 2.45. The molecule has 110 valence electrons. The number of nitro groups is 1. The standard InChI is InChI=1S/C11H8F3N5O2/c12-11(13,14)10-4-8(9(6-16-10)19(20)21)15-5-7-2-1-3-17-18-7/h1-4,6H,5H2,(H,15,16). The lowest BCUT2D eigenvalue weighted by molar-refractivity contribution is -0.384. The Kier molecular flexibility index (Phi) is 3.96. The van der Waals surface area contributed by atoms with Crippen molar-refractivity contribution < 1.29 is 18.1 Å². The van der Waals surface area contributed by atoms with Gasteiger partial charge in [-0.15, -0.1) is 0 Å². The molecule has 0 fully saturated rings. The molecule has 2 aromatic rings.